The van der Waals surface area contributed by atoms with Crippen molar-refractivity contribution in [2.24, 2.45) is 0 Å². The third-order valence-electron chi connectivity index (χ3n) is 7.41. The van der Waals surface area contributed by atoms with Crippen LogP contribution in [0.5, 0.6) is 5.75 Å². The SMILES string of the molecule is CCCCOCCOc1ccc(-c2ccc(CC)c(/C=C/C(=O)Cc3ccc([S@](=O)Cc4cncn4CCC)cc3)c2)cc1. The number of carbonyl (C=O) groups is 1. The molecule has 1 atom stereocenters. The highest BCUT2D eigenvalue weighted by molar-refractivity contribution is 7.84. The second kappa shape index (κ2) is 17.5. The van der Waals surface area contributed by atoms with Crippen molar-refractivity contribution >= 4 is 22.7 Å². The fourth-order valence-electron chi connectivity index (χ4n) is 4.89. The number of ketones is 1. The first-order valence-electron chi connectivity index (χ1n) is 15.6. The number of hydrogen-bond acceptors (Lipinski definition) is 5. The molecular weight excluding hydrogens is 568 g/mol. The molecule has 1 heterocycles. The van der Waals surface area contributed by atoms with Gasteiger partial charge in [0.15, 0.2) is 5.78 Å². The van der Waals surface area contributed by atoms with E-state index in [1.54, 1.807) is 18.6 Å². The van der Waals surface area contributed by atoms with E-state index >= 15 is 0 Å². The maximum atomic E-state index is 12.9. The molecule has 44 heavy (non-hydrogen) atoms. The lowest BCUT2D eigenvalue weighted by molar-refractivity contribution is -0.113. The highest BCUT2D eigenvalue weighted by Gasteiger charge is 2.10. The number of allylic oxidation sites excluding steroid dienone is 1. The van der Waals surface area contributed by atoms with Gasteiger partial charge >= 0.3 is 0 Å². The molecule has 4 rings (SSSR count). The van der Waals surface area contributed by atoms with E-state index in [0.717, 1.165) is 77.4 Å². The van der Waals surface area contributed by atoms with Crippen LogP contribution in [-0.2, 0) is 45.5 Å². The van der Waals surface area contributed by atoms with Gasteiger partial charge in [-0.3, -0.25) is 9.00 Å². The van der Waals surface area contributed by atoms with Gasteiger partial charge in [-0.05, 0) is 83.5 Å². The zero-order chi connectivity index (χ0) is 31.1. The molecule has 4 aromatic rings. The summed E-state index contributed by atoms with van der Waals surface area (Å²) < 4.78 is 26.4. The largest absolute Gasteiger partial charge is 0.491 e. The predicted octanol–water partition coefficient (Wildman–Crippen LogP) is 7.85. The molecule has 232 valence electrons. The van der Waals surface area contributed by atoms with Gasteiger partial charge in [0, 0.05) is 30.7 Å². The molecule has 0 bridgehead atoms. The summed E-state index contributed by atoms with van der Waals surface area (Å²) in [6, 6.07) is 22.0. The van der Waals surface area contributed by atoms with Gasteiger partial charge in [0.1, 0.15) is 12.4 Å². The number of ether oxygens (including phenoxy) is 2. The van der Waals surface area contributed by atoms with Gasteiger partial charge in [0.25, 0.3) is 0 Å². The summed E-state index contributed by atoms with van der Waals surface area (Å²) in [5.74, 6) is 1.27. The molecule has 0 fully saturated rings. The third kappa shape index (κ3) is 9.86. The van der Waals surface area contributed by atoms with Crippen molar-refractivity contribution in [3.8, 4) is 16.9 Å². The minimum atomic E-state index is -1.17. The summed E-state index contributed by atoms with van der Waals surface area (Å²) in [5, 5.41) is 0. The van der Waals surface area contributed by atoms with Crippen LogP contribution in [0.1, 0.15) is 62.4 Å². The summed E-state index contributed by atoms with van der Waals surface area (Å²) in [7, 11) is -1.17. The quantitative estimate of drug-likeness (QED) is 0.0845. The smallest absolute Gasteiger partial charge is 0.160 e. The molecule has 1 aromatic heterocycles. The lowest BCUT2D eigenvalue weighted by Crippen LogP contribution is -2.07. The molecule has 0 amide bonds. The Bertz CT molecular complexity index is 1520. The molecule has 0 saturated carbocycles. The van der Waals surface area contributed by atoms with Crippen LogP contribution < -0.4 is 4.74 Å². The van der Waals surface area contributed by atoms with Gasteiger partial charge in [0.2, 0.25) is 0 Å². The zero-order valence-electron chi connectivity index (χ0n) is 26.2. The van der Waals surface area contributed by atoms with Crippen LogP contribution in [0, 0.1) is 0 Å². The Balaban J connectivity index is 1.33. The van der Waals surface area contributed by atoms with Crippen LogP contribution in [0.4, 0.5) is 0 Å². The minimum absolute atomic E-state index is 0.0231. The van der Waals surface area contributed by atoms with E-state index in [-0.39, 0.29) is 5.78 Å². The molecule has 0 aliphatic rings. The number of hydrogen-bond donors (Lipinski definition) is 0. The molecule has 0 aliphatic carbocycles. The Morgan fingerprint density at radius 1 is 0.909 bits per heavy atom. The maximum absolute atomic E-state index is 12.9. The van der Waals surface area contributed by atoms with Crippen LogP contribution in [0.3, 0.4) is 0 Å². The van der Waals surface area contributed by atoms with E-state index in [4.69, 9.17) is 9.47 Å². The number of aromatic nitrogens is 2. The van der Waals surface area contributed by atoms with Gasteiger partial charge in [-0.1, -0.05) is 69.7 Å². The Labute approximate surface area is 264 Å². The van der Waals surface area contributed by atoms with Gasteiger partial charge in [-0.2, -0.15) is 0 Å². The first kappa shape index (κ1) is 33.1. The highest BCUT2D eigenvalue weighted by atomic mass is 32.2. The summed E-state index contributed by atoms with van der Waals surface area (Å²) in [5.41, 5.74) is 6.27. The first-order chi connectivity index (χ1) is 21.5. The van der Waals surface area contributed by atoms with Crippen LogP contribution in [0.2, 0.25) is 0 Å². The third-order valence-corrected chi connectivity index (χ3v) is 8.76. The van der Waals surface area contributed by atoms with Crippen molar-refractivity contribution in [3.63, 3.8) is 0 Å². The number of nitrogens with zero attached hydrogens (tertiary/aromatic N) is 2. The van der Waals surface area contributed by atoms with E-state index in [1.165, 1.54) is 5.56 Å². The van der Waals surface area contributed by atoms with Gasteiger partial charge in [0.05, 0.1) is 35.2 Å². The number of rotatable bonds is 18. The lowest BCUT2D eigenvalue weighted by Gasteiger charge is -2.10. The number of carbonyl (C=O) groups excluding carboxylic acids is 1. The first-order valence-corrected chi connectivity index (χ1v) is 16.9. The lowest BCUT2D eigenvalue weighted by atomic mass is 9.97. The number of unbranched alkanes of at least 4 members (excludes halogenated alkanes) is 1. The summed E-state index contributed by atoms with van der Waals surface area (Å²) in [6.07, 6.45) is 11.5. The van der Waals surface area contributed by atoms with Crippen LogP contribution in [0.25, 0.3) is 17.2 Å². The van der Waals surface area contributed by atoms with Gasteiger partial charge in [-0.15, -0.1) is 0 Å². The van der Waals surface area contributed by atoms with Crippen molar-refractivity contribution in [1.82, 2.24) is 9.55 Å². The van der Waals surface area contributed by atoms with E-state index < -0.39 is 10.8 Å². The average molecular weight is 613 g/mol. The highest BCUT2D eigenvalue weighted by Crippen LogP contribution is 2.26. The van der Waals surface area contributed by atoms with Gasteiger partial charge < -0.3 is 14.0 Å². The second-order valence-electron chi connectivity index (χ2n) is 10.8. The Kier molecular flexibility index (Phi) is 13.1. The number of benzene rings is 3. The van der Waals surface area contributed by atoms with Crippen LogP contribution >= 0.6 is 0 Å². The van der Waals surface area contributed by atoms with Crippen LogP contribution in [-0.4, -0.2) is 39.4 Å². The van der Waals surface area contributed by atoms with E-state index in [0.29, 0.717) is 25.4 Å². The van der Waals surface area contributed by atoms with Crippen molar-refractivity contribution in [3.05, 3.63) is 108 Å². The van der Waals surface area contributed by atoms with Crippen molar-refractivity contribution in [1.29, 1.82) is 0 Å². The summed E-state index contributed by atoms with van der Waals surface area (Å²) in [4.78, 5) is 17.8. The molecule has 0 radical (unpaired) electrons. The molecule has 7 heteroatoms. The molecule has 0 spiro atoms. The fourth-order valence-corrected chi connectivity index (χ4v) is 6.01. The van der Waals surface area contributed by atoms with Crippen molar-refractivity contribution < 1.29 is 18.5 Å². The number of imidazole rings is 1. The van der Waals surface area contributed by atoms with Crippen LogP contribution in [0.15, 0.2) is 90.2 Å². The maximum Gasteiger partial charge on any atom is 0.160 e. The Hall–Kier alpha value is -3.81. The zero-order valence-corrected chi connectivity index (χ0v) is 27.0. The summed E-state index contributed by atoms with van der Waals surface area (Å²) >= 11 is 0. The van der Waals surface area contributed by atoms with E-state index in [1.807, 2.05) is 42.5 Å². The molecular formula is C37H44N2O4S. The second-order valence-corrected chi connectivity index (χ2v) is 12.2. The minimum Gasteiger partial charge on any atom is -0.491 e. The number of aryl methyl sites for hydroxylation is 2. The Morgan fingerprint density at radius 2 is 1.68 bits per heavy atom. The molecule has 0 saturated heterocycles. The monoisotopic (exact) mass is 612 g/mol. The molecule has 0 N–H and O–H groups in total. The molecule has 0 unspecified atom stereocenters. The predicted molar refractivity (Wildman–Crippen MR) is 179 cm³/mol. The van der Waals surface area contributed by atoms with Gasteiger partial charge in [-0.25, -0.2) is 4.98 Å². The van der Waals surface area contributed by atoms with Crippen molar-refractivity contribution in [2.45, 2.75) is 70.1 Å². The standard InChI is InChI=1S/C37H44N2O4S/c1-4-7-21-42-22-23-43-36-16-13-31(14-17-36)33-11-10-30(6-3)32(25-33)12-15-35(40)24-29-8-18-37(19-9-29)44(41)27-34-26-38-28-39(34)20-5-2/h8-19,25-26,28H,4-7,20-24,27H2,1-3H3/b15-12+/t44-/m1/s1. The van der Waals surface area contributed by atoms with E-state index in [2.05, 4.69) is 60.7 Å². The Morgan fingerprint density at radius 3 is 2.41 bits per heavy atom. The molecule has 6 nitrogen and oxygen atoms in total. The summed E-state index contributed by atoms with van der Waals surface area (Å²) in [6.45, 7) is 9.15. The van der Waals surface area contributed by atoms with Crippen molar-refractivity contribution in [2.75, 3.05) is 19.8 Å². The van der Waals surface area contributed by atoms with E-state index in [9.17, 15) is 9.00 Å². The topological polar surface area (TPSA) is 70.4 Å². The molecule has 3 aromatic carbocycles. The fraction of sp³-hybridized carbons (Fsp3) is 0.351. The average Bonchev–Trinajstić information content (AvgIpc) is 3.48. The normalized spacial score (nSPS) is 12.1. The molecule has 0 aliphatic heterocycles.